The molecule has 0 amide bonds. The highest BCUT2D eigenvalue weighted by Gasteiger charge is 2.90. The molecule has 11 atom stereocenters. The van der Waals surface area contributed by atoms with Crippen LogP contribution in [0.2, 0.25) is 0 Å². The van der Waals surface area contributed by atoms with Gasteiger partial charge in [-0.25, -0.2) is 0 Å². The van der Waals surface area contributed by atoms with E-state index in [2.05, 4.69) is 34.6 Å². The van der Waals surface area contributed by atoms with E-state index < -0.39 is 51.7 Å². The van der Waals surface area contributed by atoms with E-state index >= 15 is 0 Å². The molecule has 5 aliphatic rings. The number of aliphatic hydroxyl groups is 1. The Bertz CT molecular complexity index is 1190. The summed E-state index contributed by atoms with van der Waals surface area (Å²) in [4.78, 5) is 38.8. The number of Topliss-reactive ketones (excluding diaryl/α,β-unsaturated/α-hetero) is 1. The van der Waals surface area contributed by atoms with Crippen LogP contribution in [0.5, 0.6) is 0 Å². The first-order valence-corrected chi connectivity index (χ1v) is 13.9. The van der Waals surface area contributed by atoms with Gasteiger partial charge in [-0.15, -0.1) is 0 Å². The number of carbonyl (C=O) groups excluding carboxylic acids is 3. The molecule has 1 aromatic rings. The Morgan fingerprint density at radius 2 is 1.66 bits per heavy atom. The molecule has 0 unspecified atom stereocenters. The normalized spacial score (nSPS) is 50.2. The summed E-state index contributed by atoms with van der Waals surface area (Å²) in [7, 11) is 0. The maximum absolute atomic E-state index is 13.9. The Kier molecular flexibility index (Phi) is 5.29. The first-order chi connectivity index (χ1) is 17.7. The quantitative estimate of drug-likeness (QED) is 0.459. The molecule has 1 aliphatic heterocycles. The molecule has 4 saturated carbocycles. The topological polar surface area (TPSA) is 116 Å². The fraction of sp³-hybridized carbons (Fsp3) is 0.767. The number of aliphatic hydroxyl groups excluding tert-OH is 1. The molecule has 38 heavy (non-hydrogen) atoms. The van der Waals surface area contributed by atoms with Crippen molar-refractivity contribution in [3.8, 4) is 0 Å². The summed E-state index contributed by atoms with van der Waals surface area (Å²) in [5, 5.41) is 11.3. The summed E-state index contributed by atoms with van der Waals surface area (Å²) in [6.07, 6.45) is 3.28. The van der Waals surface area contributed by atoms with Gasteiger partial charge < -0.3 is 23.7 Å². The predicted octanol–water partition coefficient (Wildman–Crippen LogP) is 4.19. The van der Waals surface area contributed by atoms with Gasteiger partial charge in [0.25, 0.3) is 0 Å². The first kappa shape index (κ1) is 26.1. The summed E-state index contributed by atoms with van der Waals surface area (Å²) in [5.74, 6) is -1.23. The van der Waals surface area contributed by atoms with Crippen LogP contribution in [0.3, 0.4) is 0 Å². The maximum atomic E-state index is 13.9. The summed E-state index contributed by atoms with van der Waals surface area (Å²) in [5.41, 5.74) is -2.23. The van der Waals surface area contributed by atoms with E-state index in [1.807, 2.05) is 6.07 Å². The third-order valence-corrected chi connectivity index (χ3v) is 12.1. The predicted molar refractivity (Wildman–Crippen MR) is 135 cm³/mol. The average Bonchev–Trinajstić information content (AvgIpc) is 3.30. The summed E-state index contributed by atoms with van der Waals surface area (Å²) in [6.45, 7) is 13.4. The molecule has 0 bridgehead atoms. The second-order valence-corrected chi connectivity index (χ2v) is 13.8. The molecular weight excluding hydrogens is 488 g/mol. The van der Waals surface area contributed by atoms with Gasteiger partial charge in [0.05, 0.1) is 24.5 Å². The lowest BCUT2D eigenvalue weighted by molar-refractivity contribution is -0.288. The highest BCUT2D eigenvalue weighted by atomic mass is 16.6. The average molecular weight is 529 g/mol. The molecule has 5 fully saturated rings. The van der Waals surface area contributed by atoms with Crippen LogP contribution in [0.4, 0.5) is 0 Å². The molecule has 8 nitrogen and oxygen atoms in total. The summed E-state index contributed by atoms with van der Waals surface area (Å²) < 4.78 is 24.1. The minimum Gasteiger partial charge on any atom is -0.472 e. The number of hydrogen-bond donors (Lipinski definition) is 1. The van der Waals surface area contributed by atoms with Crippen molar-refractivity contribution in [1.29, 1.82) is 0 Å². The zero-order chi connectivity index (χ0) is 27.6. The number of hydrogen-bond acceptors (Lipinski definition) is 8. The number of ketones is 1. The number of epoxide rings is 1. The molecule has 1 spiro atoms. The summed E-state index contributed by atoms with van der Waals surface area (Å²) in [6, 6.07) is 1.87. The standard InChI is InChI=1S/C30H40O8/c1-15(31)36-21-13-20(33)26(3,4)19-12-22(37-16(2)32)29(7)18(28(19,21)6)8-10-27(5)23(17-9-11-35-14-17)24(34)25-30(27,29)38-25/h9,11,14,18-23,25,33H,8,10,12-13H2,1-7H3/t18-,19+,20-,21+,22-,23+,25+,27-,28-,29+,30+/m1/s1. The lowest BCUT2D eigenvalue weighted by atomic mass is 9.35. The molecule has 1 aromatic heterocycles. The fourth-order valence-electron chi connectivity index (χ4n) is 10.5. The monoisotopic (exact) mass is 528 g/mol. The summed E-state index contributed by atoms with van der Waals surface area (Å²) >= 11 is 0. The Balaban J connectivity index is 1.54. The SMILES string of the molecule is CC(=O)O[C@H]1C[C@@H](O)C(C)(C)[C@@H]2C[C@@H](OC(C)=O)[C@]3(C)[C@H](CC[C@]4(C)[C@@H](c5ccoc5)C(=O)[C@@H]5O[C@]534)[C@@]12C. The fourth-order valence-corrected chi connectivity index (χ4v) is 10.5. The van der Waals surface area contributed by atoms with Crippen LogP contribution in [0.1, 0.15) is 85.6 Å². The van der Waals surface area contributed by atoms with E-state index in [-0.39, 0.29) is 35.5 Å². The highest BCUT2D eigenvalue weighted by Crippen LogP contribution is 2.82. The number of esters is 2. The van der Waals surface area contributed by atoms with Crippen molar-refractivity contribution < 1.29 is 38.1 Å². The maximum Gasteiger partial charge on any atom is 0.302 e. The molecule has 1 saturated heterocycles. The van der Waals surface area contributed by atoms with E-state index in [0.29, 0.717) is 12.8 Å². The third-order valence-electron chi connectivity index (χ3n) is 12.1. The van der Waals surface area contributed by atoms with E-state index in [9.17, 15) is 19.5 Å². The Morgan fingerprint density at radius 1 is 1.00 bits per heavy atom. The van der Waals surface area contributed by atoms with Crippen molar-refractivity contribution in [3.63, 3.8) is 0 Å². The minimum atomic E-state index is -0.822. The van der Waals surface area contributed by atoms with Crippen molar-refractivity contribution >= 4 is 17.7 Å². The van der Waals surface area contributed by atoms with Gasteiger partial charge >= 0.3 is 11.9 Å². The molecule has 208 valence electrons. The Labute approximate surface area is 223 Å². The molecule has 4 aliphatic carbocycles. The van der Waals surface area contributed by atoms with Crippen LogP contribution in [0, 0.1) is 33.5 Å². The molecular formula is C30H40O8. The molecule has 6 rings (SSSR count). The van der Waals surface area contributed by atoms with Crippen molar-refractivity contribution in [2.24, 2.45) is 33.5 Å². The molecule has 0 radical (unpaired) electrons. The van der Waals surface area contributed by atoms with Crippen molar-refractivity contribution in [2.75, 3.05) is 0 Å². The van der Waals surface area contributed by atoms with Gasteiger partial charge in [-0.1, -0.05) is 34.6 Å². The molecule has 0 aromatic carbocycles. The van der Waals surface area contributed by atoms with Crippen LogP contribution in [0.15, 0.2) is 23.0 Å². The number of carbonyl (C=O) groups is 3. The number of rotatable bonds is 3. The van der Waals surface area contributed by atoms with E-state index in [4.69, 9.17) is 18.6 Å². The van der Waals surface area contributed by atoms with Crippen LogP contribution in [-0.2, 0) is 28.6 Å². The number of ether oxygens (including phenoxy) is 3. The number of fused-ring (bicyclic) bond motifs is 3. The number of furan rings is 1. The lowest BCUT2D eigenvalue weighted by Crippen LogP contribution is -2.74. The van der Waals surface area contributed by atoms with E-state index in [0.717, 1.165) is 18.4 Å². The van der Waals surface area contributed by atoms with Gasteiger partial charge in [0, 0.05) is 42.1 Å². The largest absolute Gasteiger partial charge is 0.472 e. The van der Waals surface area contributed by atoms with Crippen LogP contribution in [-0.4, -0.2) is 52.8 Å². The lowest BCUT2D eigenvalue weighted by Gasteiger charge is -2.70. The van der Waals surface area contributed by atoms with Crippen molar-refractivity contribution in [2.45, 2.75) is 110 Å². The van der Waals surface area contributed by atoms with Crippen LogP contribution >= 0.6 is 0 Å². The van der Waals surface area contributed by atoms with Gasteiger partial charge in [-0.2, -0.15) is 0 Å². The molecule has 1 N–H and O–H groups in total. The zero-order valence-electron chi connectivity index (χ0n) is 23.4. The molecule has 8 heteroatoms. The molecule has 2 heterocycles. The van der Waals surface area contributed by atoms with Crippen LogP contribution in [0.25, 0.3) is 0 Å². The first-order valence-electron chi connectivity index (χ1n) is 13.9. The van der Waals surface area contributed by atoms with E-state index in [1.54, 1.807) is 12.5 Å². The smallest absolute Gasteiger partial charge is 0.302 e. The van der Waals surface area contributed by atoms with Gasteiger partial charge in [0.1, 0.15) is 23.9 Å². The van der Waals surface area contributed by atoms with Gasteiger partial charge in [0.15, 0.2) is 5.78 Å². The third kappa shape index (κ3) is 2.81. The highest BCUT2D eigenvalue weighted by molar-refractivity contribution is 5.98. The zero-order valence-corrected chi connectivity index (χ0v) is 23.4. The van der Waals surface area contributed by atoms with Crippen molar-refractivity contribution in [1.82, 2.24) is 0 Å². The van der Waals surface area contributed by atoms with E-state index in [1.165, 1.54) is 13.8 Å². The second-order valence-electron chi connectivity index (χ2n) is 13.8. The minimum absolute atomic E-state index is 0.0561. The van der Waals surface area contributed by atoms with Crippen molar-refractivity contribution in [3.05, 3.63) is 24.2 Å². The van der Waals surface area contributed by atoms with Crippen LogP contribution < -0.4 is 0 Å². The Hall–Kier alpha value is -2.19. The second kappa shape index (κ2) is 7.72. The Morgan fingerprint density at radius 3 is 2.26 bits per heavy atom. The van der Waals surface area contributed by atoms with Gasteiger partial charge in [-0.3, -0.25) is 14.4 Å². The van der Waals surface area contributed by atoms with Gasteiger partial charge in [-0.05, 0) is 42.6 Å². The van der Waals surface area contributed by atoms with Gasteiger partial charge in [0.2, 0.25) is 0 Å².